The van der Waals surface area contributed by atoms with Gasteiger partial charge in [0.25, 0.3) is 0 Å². The number of thioether (sulfide) groups is 1. The third kappa shape index (κ3) is 5.92. The SMILES string of the molecule is CC1=C2C3C(=CC=C3[Si]2(C)C)S1.CCCc1cc2c(-c3ccc(C(C)(C)C)cc3)cccc2[cH-]1.[Cl-].[Cl-].[Zr+3]. The van der Waals surface area contributed by atoms with E-state index in [1.807, 2.05) is 17.0 Å². The molecule has 0 bridgehead atoms. The zero-order valence-electron chi connectivity index (χ0n) is 23.0. The number of fused-ring (bicyclic) bond motifs is 1. The third-order valence-electron chi connectivity index (χ3n) is 7.77. The van der Waals surface area contributed by atoms with Crippen LogP contribution in [0.3, 0.4) is 0 Å². The van der Waals surface area contributed by atoms with Crippen LogP contribution in [0.1, 0.15) is 52.2 Å². The van der Waals surface area contributed by atoms with E-state index in [0.29, 0.717) is 0 Å². The molecular formula is C32H37Cl2SSiZr. The molecule has 2 aliphatic heterocycles. The van der Waals surface area contributed by atoms with E-state index in [-0.39, 0.29) is 56.4 Å². The Morgan fingerprint density at radius 1 is 0.973 bits per heavy atom. The maximum absolute atomic E-state index is 2.48. The van der Waals surface area contributed by atoms with Crippen molar-refractivity contribution in [3.05, 3.63) is 98.1 Å². The molecule has 3 aliphatic rings. The van der Waals surface area contributed by atoms with E-state index in [1.165, 1.54) is 39.4 Å². The van der Waals surface area contributed by atoms with E-state index in [9.17, 15) is 0 Å². The van der Waals surface area contributed by atoms with Gasteiger partial charge >= 0.3 is 26.2 Å². The molecule has 0 amide bonds. The summed E-state index contributed by atoms with van der Waals surface area (Å²) in [5, 5.41) is 6.34. The molecule has 1 radical (unpaired) electrons. The van der Waals surface area contributed by atoms with Crippen molar-refractivity contribution in [3.8, 4) is 11.1 Å². The van der Waals surface area contributed by atoms with Crippen LogP contribution in [0.25, 0.3) is 21.9 Å². The van der Waals surface area contributed by atoms with Crippen molar-refractivity contribution in [2.75, 3.05) is 0 Å². The van der Waals surface area contributed by atoms with Crippen LogP contribution in [0.5, 0.6) is 0 Å². The van der Waals surface area contributed by atoms with Crippen LogP contribution >= 0.6 is 11.8 Å². The third-order valence-corrected chi connectivity index (χ3v) is 13.0. The van der Waals surface area contributed by atoms with Gasteiger partial charge in [-0.1, -0.05) is 117 Å². The first-order chi connectivity index (χ1) is 16.1. The van der Waals surface area contributed by atoms with E-state index in [1.54, 1.807) is 15.0 Å². The van der Waals surface area contributed by atoms with Gasteiger partial charge < -0.3 is 24.8 Å². The molecule has 0 N–H and O–H groups in total. The maximum Gasteiger partial charge on any atom is 3.00 e. The Bertz CT molecular complexity index is 1350. The van der Waals surface area contributed by atoms with Crippen molar-refractivity contribution in [2.45, 2.75) is 66.0 Å². The second-order valence-electron chi connectivity index (χ2n) is 11.6. The summed E-state index contributed by atoms with van der Waals surface area (Å²) in [5.74, 6) is 0.789. The van der Waals surface area contributed by atoms with Gasteiger partial charge in [0.1, 0.15) is 8.07 Å². The van der Waals surface area contributed by atoms with Gasteiger partial charge in [0.05, 0.1) is 0 Å². The van der Waals surface area contributed by atoms with Gasteiger partial charge in [0, 0.05) is 5.92 Å². The first-order valence-corrected chi connectivity index (χ1v) is 16.5. The molecule has 0 aromatic heterocycles. The number of halogens is 2. The summed E-state index contributed by atoms with van der Waals surface area (Å²) in [5.41, 5.74) is 5.71. The molecule has 0 spiro atoms. The fraction of sp³-hybridized carbons (Fsp3) is 0.344. The molecule has 3 aromatic rings. The molecule has 1 atom stereocenters. The van der Waals surface area contributed by atoms with E-state index >= 15 is 0 Å². The molecular weight excluding hydrogens is 607 g/mol. The van der Waals surface area contributed by atoms with Crippen LogP contribution in [-0.2, 0) is 38.0 Å². The summed E-state index contributed by atoms with van der Waals surface area (Å²) >= 11 is 2.01. The standard InChI is InChI=1S/C22H25.C10H12SSi.2ClH.Zr/c1-5-7-16-14-18-8-6-9-20(21(18)15-16)17-10-12-19(13-11-17)22(2,3)4;1-6-10-9-7(11-6)4-5-8(9)12(10,2)3;;;/h6,8-15H,5,7H2,1-4H3;4-5,9H,1-3H3;2*1H;/q-1;;;;+3/p-2. The Morgan fingerprint density at radius 2 is 1.65 bits per heavy atom. The van der Waals surface area contributed by atoms with Crippen molar-refractivity contribution >= 4 is 30.6 Å². The second kappa shape index (κ2) is 12.2. The number of hydrogen-bond donors (Lipinski definition) is 0. The molecule has 5 heteroatoms. The van der Waals surface area contributed by atoms with Crippen molar-refractivity contribution in [1.29, 1.82) is 0 Å². The van der Waals surface area contributed by atoms with Gasteiger partial charge in [0.15, 0.2) is 0 Å². The fourth-order valence-corrected chi connectivity index (χ4v) is 11.6. The molecule has 6 rings (SSSR count). The smallest absolute Gasteiger partial charge is 1.00 e. The predicted octanol–water partition coefficient (Wildman–Crippen LogP) is 3.73. The predicted molar refractivity (Wildman–Crippen MR) is 155 cm³/mol. The molecule has 3 aromatic carbocycles. The average Bonchev–Trinajstić information content (AvgIpc) is 3.43. The first-order valence-electron chi connectivity index (χ1n) is 12.7. The van der Waals surface area contributed by atoms with Gasteiger partial charge in [-0.3, -0.25) is 0 Å². The molecule has 1 saturated heterocycles. The van der Waals surface area contributed by atoms with Crippen molar-refractivity contribution in [2.24, 2.45) is 5.92 Å². The summed E-state index contributed by atoms with van der Waals surface area (Å²) in [6, 6.07) is 20.4. The molecule has 1 aliphatic carbocycles. The van der Waals surface area contributed by atoms with E-state index in [2.05, 4.69) is 114 Å². The normalized spacial score (nSPS) is 18.3. The molecule has 0 saturated carbocycles. The Morgan fingerprint density at radius 3 is 2.27 bits per heavy atom. The van der Waals surface area contributed by atoms with Crippen LogP contribution < -0.4 is 24.8 Å². The summed E-state index contributed by atoms with van der Waals surface area (Å²) in [7, 11) is -1.06. The molecule has 193 valence electrons. The quantitative estimate of drug-likeness (QED) is 0.310. The molecule has 0 nitrogen and oxygen atoms in total. The molecule has 1 unspecified atom stereocenters. The van der Waals surface area contributed by atoms with E-state index in [4.69, 9.17) is 0 Å². The Hall–Kier alpha value is -0.700. The van der Waals surface area contributed by atoms with Crippen molar-refractivity contribution in [1.82, 2.24) is 0 Å². The zero-order valence-corrected chi connectivity index (χ0v) is 28.8. The summed E-state index contributed by atoms with van der Waals surface area (Å²) < 4.78 is 0. The average molecular weight is 644 g/mol. The number of benzene rings is 2. The van der Waals surface area contributed by atoms with Crippen LogP contribution in [0.4, 0.5) is 0 Å². The van der Waals surface area contributed by atoms with Crippen molar-refractivity contribution < 1.29 is 51.0 Å². The van der Waals surface area contributed by atoms with Crippen molar-refractivity contribution in [3.63, 3.8) is 0 Å². The van der Waals surface area contributed by atoms with Crippen LogP contribution in [0, 0.1) is 5.92 Å². The van der Waals surface area contributed by atoms with Gasteiger partial charge in [0.2, 0.25) is 0 Å². The largest absolute Gasteiger partial charge is 3.00 e. The topological polar surface area (TPSA) is 0 Å². The summed E-state index contributed by atoms with van der Waals surface area (Å²) in [6.45, 7) is 16.3. The zero-order chi connectivity index (χ0) is 24.3. The first kappa shape index (κ1) is 32.5. The summed E-state index contributed by atoms with van der Waals surface area (Å²) in [4.78, 5) is 3.21. The Balaban J connectivity index is 0.000000274. The molecule has 2 heterocycles. The van der Waals surface area contributed by atoms with Gasteiger partial charge in [-0.15, -0.1) is 34.5 Å². The van der Waals surface area contributed by atoms with E-state index in [0.717, 1.165) is 12.3 Å². The number of rotatable bonds is 3. The maximum atomic E-state index is 2.48. The molecule has 37 heavy (non-hydrogen) atoms. The number of allylic oxidation sites excluding steroid dienone is 6. The Kier molecular flexibility index (Phi) is 10.7. The van der Waals surface area contributed by atoms with Gasteiger partial charge in [-0.25, -0.2) is 0 Å². The van der Waals surface area contributed by atoms with Crippen LogP contribution in [0.15, 0.2) is 87.0 Å². The summed E-state index contributed by atoms with van der Waals surface area (Å²) in [6.07, 6.45) is 7.08. The Labute approximate surface area is 260 Å². The minimum absolute atomic E-state index is 0. The van der Waals surface area contributed by atoms with Crippen LogP contribution in [-0.4, -0.2) is 8.07 Å². The monoisotopic (exact) mass is 641 g/mol. The molecule has 1 fully saturated rings. The number of hydrogen-bond acceptors (Lipinski definition) is 1. The van der Waals surface area contributed by atoms with Gasteiger partial charge in [-0.2, -0.15) is 6.07 Å². The van der Waals surface area contributed by atoms with Crippen LogP contribution in [0.2, 0.25) is 13.1 Å². The fourth-order valence-electron chi connectivity index (χ4n) is 5.92. The second-order valence-corrected chi connectivity index (χ2v) is 17.2. The number of aryl methyl sites for hydroxylation is 1. The van der Waals surface area contributed by atoms with Gasteiger partial charge in [-0.05, 0) is 39.7 Å². The van der Waals surface area contributed by atoms with E-state index < -0.39 is 8.07 Å². The minimum Gasteiger partial charge on any atom is -1.00 e. The minimum atomic E-state index is -1.06.